The van der Waals surface area contributed by atoms with Gasteiger partial charge in [0.2, 0.25) is 0 Å². The summed E-state index contributed by atoms with van der Waals surface area (Å²) in [7, 11) is 0. The molecule has 18 heavy (non-hydrogen) atoms. The highest BCUT2D eigenvalue weighted by molar-refractivity contribution is 5.61. The van der Waals surface area contributed by atoms with Crippen LogP contribution in [0, 0.1) is 5.41 Å². The summed E-state index contributed by atoms with van der Waals surface area (Å²) in [4.78, 5) is 0. The number of anilines is 1. The molecule has 2 heteroatoms. The van der Waals surface area contributed by atoms with E-state index >= 15 is 0 Å². The molecule has 0 spiro atoms. The van der Waals surface area contributed by atoms with Crippen LogP contribution in [0.15, 0.2) is 18.2 Å². The third-order valence-corrected chi connectivity index (χ3v) is 4.46. The molecule has 1 aromatic carbocycles. The number of benzene rings is 1. The molecule has 1 heterocycles. The van der Waals surface area contributed by atoms with Gasteiger partial charge in [0, 0.05) is 23.2 Å². The van der Waals surface area contributed by atoms with E-state index in [1.807, 2.05) is 0 Å². The van der Waals surface area contributed by atoms with Gasteiger partial charge in [-0.1, -0.05) is 32.3 Å². The summed E-state index contributed by atoms with van der Waals surface area (Å²) >= 11 is 0. The molecule has 0 saturated heterocycles. The van der Waals surface area contributed by atoms with Gasteiger partial charge >= 0.3 is 0 Å². The fourth-order valence-corrected chi connectivity index (χ4v) is 3.25. The van der Waals surface area contributed by atoms with Gasteiger partial charge in [0.15, 0.2) is 0 Å². The molecule has 1 fully saturated rings. The Labute approximate surface area is 110 Å². The number of rotatable bonds is 3. The molecule has 0 unspecified atom stereocenters. The molecule has 0 bridgehead atoms. The summed E-state index contributed by atoms with van der Waals surface area (Å²) in [5.74, 6) is 1.10. The Morgan fingerprint density at radius 2 is 2.06 bits per heavy atom. The summed E-state index contributed by atoms with van der Waals surface area (Å²) in [6.45, 7) is 4.31. The summed E-state index contributed by atoms with van der Waals surface area (Å²) in [5.41, 5.74) is 3.03. The van der Waals surface area contributed by atoms with Crippen molar-refractivity contribution in [2.24, 2.45) is 5.41 Å². The minimum atomic E-state index is 0.396. The number of nitrogens with one attached hydrogen (secondary N) is 1. The van der Waals surface area contributed by atoms with Crippen molar-refractivity contribution in [2.75, 3.05) is 18.5 Å². The van der Waals surface area contributed by atoms with Gasteiger partial charge in [0.05, 0.1) is 6.61 Å². The Kier molecular flexibility index (Phi) is 3.19. The molecule has 1 N–H and O–H groups in total. The Bertz CT molecular complexity index is 421. The molecule has 1 aliphatic heterocycles. The first-order valence-corrected chi connectivity index (χ1v) is 7.25. The van der Waals surface area contributed by atoms with Crippen molar-refractivity contribution >= 4 is 5.69 Å². The SMILES string of the molecule is CC1(COc2cccc3c2CCN3)CCCCC1. The lowest BCUT2D eigenvalue weighted by Crippen LogP contribution is -2.27. The van der Waals surface area contributed by atoms with Crippen LogP contribution in [0.3, 0.4) is 0 Å². The molecule has 0 atom stereocenters. The topological polar surface area (TPSA) is 21.3 Å². The predicted octanol–water partition coefficient (Wildman–Crippen LogP) is 4.00. The molecular weight excluding hydrogens is 222 g/mol. The Morgan fingerprint density at radius 1 is 1.22 bits per heavy atom. The zero-order chi connectivity index (χ0) is 12.4. The molecule has 1 aromatic rings. The summed E-state index contributed by atoms with van der Waals surface area (Å²) in [5, 5.41) is 3.41. The average Bonchev–Trinajstić information content (AvgIpc) is 2.86. The van der Waals surface area contributed by atoms with Crippen LogP contribution in [-0.2, 0) is 6.42 Å². The van der Waals surface area contributed by atoms with Crippen LogP contribution in [0.1, 0.15) is 44.6 Å². The lowest BCUT2D eigenvalue weighted by atomic mass is 9.76. The lowest BCUT2D eigenvalue weighted by molar-refractivity contribution is 0.115. The van der Waals surface area contributed by atoms with Gasteiger partial charge < -0.3 is 10.1 Å². The van der Waals surface area contributed by atoms with Gasteiger partial charge in [-0.25, -0.2) is 0 Å². The van der Waals surface area contributed by atoms with Crippen molar-refractivity contribution < 1.29 is 4.74 Å². The van der Waals surface area contributed by atoms with E-state index in [0.717, 1.165) is 25.3 Å². The first kappa shape index (κ1) is 11.9. The Hall–Kier alpha value is -1.18. The highest BCUT2D eigenvalue weighted by atomic mass is 16.5. The predicted molar refractivity (Wildman–Crippen MR) is 75.3 cm³/mol. The van der Waals surface area contributed by atoms with Gasteiger partial charge in [0.25, 0.3) is 0 Å². The molecule has 0 amide bonds. The molecule has 2 nitrogen and oxygen atoms in total. The second-order valence-electron chi connectivity index (χ2n) is 6.12. The van der Waals surface area contributed by atoms with E-state index in [9.17, 15) is 0 Å². The zero-order valence-corrected chi connectivity index (χ0v) is 11.3. The molecule has 2 aliphatic rings. The summed E-state index contributed by atoms with van der Waals surface area (Å²) < 4.78 is 6.15. The fraction of sp³-hybridized carbons (Fsp3) is 0.625. The number of ether oxygens (including phenoxy) is 1. The fourth-order valence-electron chi connectivity index (χ4n) is 3.25. The normalized spacial score (nSPS) is 21.2. The van der Waals surface area contributed by atoms with Crippen molar-refractivity contribution in [3.63, 3.8) is 0 Å². The minimum Gasteiger partial charge on any atom is -0.493 e. The third-order valence-electron chi connectivity index (χ3n) is 4.46. The van der Waals surface area contributed by atoms with Crippen LogP contribution < -0.4 is 10.1 Å². The second kappa shape index (κ2) is 4.83. The molecule has 1 aliphatic carbocycles. The quantitative estimate of drug-likeness (QED) is 0.869. The van der Waals surface area contributed by atoms with Crippen molar-refractivity contribution in [1.29, 1.82) is 0 Å². The van der Waals surface area contributed by atoms with Crippen LogP contribution in [0.25, 0.3) is 0 Å². The third kappa shape index (κ3) is 2.33. The van der Waals surface area contributed by atoms with E-state index in [-0.39, 0.29) is 0 Å². The first-order chi connectivity index (χ1) is 8.77. The van der Waals surface area contributed by atoms with Crippen LogP contribution in [0.2, 0.25) is 0 Å². The van der Waals surface area contributed by atoms with Crippen LogP contribution >= 0.6 is 0 Å². The van der Waals surface area contributed by atoms with Gasteiger partial charge in [-0.05, 0) is 31.4 Å². The van der Waals surface area contributed by atoms with Gasteiger partial charge in [0.1, 0.15) is 5.75 Å². The lowest BCUT2D eigenvalue weighted by Gasteiger charge is -2.33. The highest BCUT2D eigenvalue weighted by Gasteiger charge is 2.28. The van der Waals surface area contributed by atoms with E-state index in [0.29, 0.717) is 5.41 Å². The maximum atomic E-state index is 6.15. The van der Waals surface area contributed by atoms with Crippen molar-refractivity contribution in [1.82, 2.24) is 0 Å². The van der Waals surface area contributed by atoms with E-state index in [1.54, 1.807) is 0 Å². The molecule has 1 saturated carbocycles. The monoisotopic (exact) mass is 245 g/mol. The largest absolute Gasteiger partial charge is 0.493 e. The van der Waals surface area contributed by atoms with Crippen molar-refractivity contribution in [2.45, 2.75) is 45.4 Å². The van der Waals surface area contributed by atoms with Crippen molar-refractivity contribution in [3.05, 3.63) is 23.8 Å². The van der Waals surface area contributed by atoms with Crippen molar-refractivity contribution in [3.8, 4) is 5.75 Å². The smallest absolute Gasteiger partial charge is 0.124 e. The Morgan fingerprint density at radius 3 is 2.89 bits per heavy atom. The second-order valence-corrected chi connectivity index (χ2v) is 6.12. The molecule has 3 rings (SSSR count). The summed E-state index contributed by atoms with van der Waals surface area (Å²) in [6, 6.07) is 6.37. The standard InChI is InChI=1S/C16H23NO/c1-16(9-3-2-4-10-16)12-18-15-7-5-6-14-13(15)8-11-17-14/h5-7,17H,2-4,8-12H2,1H3. The van der Waals surface area contributed by atoms with Crippen LogP contribution in [0.4, 0.5) is 5.69 Å². The number of hydrogen-bond acceptors (Lipinski definition) is 2. The van der Waals surface area contributed by atoms with Gasteiger partial charge in [-0.3, -0.25) is 0 Å². The van der Waals surface area contributed by atoms with E-state index in [4.69, 9.17) is 4.74 Å². The van der Waals surface area contributed by atoms with Gasteiger partial charge in [-0.15, -0.1) is 0 Å². The number of hydrogen-bond donors (Lipinski definition) is 1. The van der Waals surface area contributed by atoms with E-state index in [2.05, 4.69) is 30.4 Å². The first-order valence-electron chi connectivity index (χ1n) is 7.25. The van der Waals surface area contributed by atoms with Gasteiger partial charge in [-0.2, -0.15) is 0 Å². The zero-order valence-electron chi connectivity index (χ0n) is 11.3. The maximum absolute atomic E-state index is 6.15. The molecule has 0 aromatic heterocycles. The molecule has 98 valence electrons. The van der Waals surface area contributed by atoms with Crippen LogP contribution in [0.5, 0.6) is 5.75 Å². The Balaban J connectivity index is 1.68. The number of fused-ring (bicyclic) bond motifs is 1. The van der Waals surface area contributed by atoms with E-state index < -0.39 is 0 Å². The molecular formula is C16H23NO. The maximum Gasteiger partial charge on any atom is 0.124 e. The van der Waals surface area contributed by atoms with E-state index in [1.165, 1.54) is 43.4 Å². The van der Waals surface area contributed by atoms with Crippen LogP contribution in [-0.4, -0.2) is 13.2 Å². The minimum absolute atomic E-state index is 0.396. The average molecular weight is 245 g/mol. The highest BCUT2D eigenvalue weighted by Crippen LogP contribution is 2.37. The summed E-state index contributed by atoms with van der Waals surface area (Å²) in [6.07, 6.45) is 7.88. The molecule has 0 radical (unpaired) electrons.